The Balaban J connectivity index is 1.82. The molecule has 0 unspecified atom stereocenters. The molecule has 0 spiro atoms. The molecule has 104 valence electrons. The molecule has 0 atom stereocenters. The number of hydrogen-bond donors (Lipinski definition) is 1. The predicted molar refractivity (Wildman–Crippen MR) is 78.9 cm³/mol. The molecule has 0 saturated carbocycles. The third-order valence-electron chi connectivity index (χ3n) is 3.62. The maximum absolute atomic E-state index is 11.9. The first-order valence-electron chi connectivity index (χ1n) is 6.68. The summed E-state index contributed by atoms with van der Waals surface area (Å²) in [6, 6.07) is 7.87. The number of rotatable bonds is 2. The molecule has 5 heteroatoms. The van der Waals surface area contributed by atoms with Crippen molar-refractivity contribution in [3.63, 3.8) is 0 Å². The fourth-order valence-corrected chi connectivity index (χ4v) is 2.82. The Kier molecular flexibility index (Phi) is 3.59. The number of hydrogen-bond acceptors (Lipinski definition) is 3. The van der Waals surface area contributed by atoms with Crippen molar-refractivity contribution in [2.75, 3.05) is 6.54 Å². The molecule has 1 aromatic heterocycles. The van der Waals surface area contributed by atoms with Crippen LogP contribution in [0, 0.1) is 6.92 Å². The fourth-order valence-electron chi connectivity index (χ4n) is 2.62. The zero-order valence-corrected chi connectivity index (χ0v) is 12.1. The Morgan fingerprint density at radius 2 is 2.20 bits per heavy atom. The van der Waals surface area contributed by atoms with Gasteiger partial charge in [0.1, 0.15) is 5.82 Å². The van der Waals surface area contributed by atoms with E-state index in [1.807, 2.05) is 31.2 Å². The lowest BCUT2D eigenvalue weighted by Gasteiger charge is -2.27. The molecule has 1 aliphatic heterocycles. The quantitative estimate of drug-likeness (QED) is 0.923. The highest BCUT2D eigenvalue weighted by Gasteiger charge is 2.20. The number of nitrogens with one attached hydrogen (secondary N) is 1. The van der Waals surface area contributed by atoms with Gasteiger partial charge in [0, 0.05) is 30.2 Å². The summed E-state index contributed by atoms with van der Waals surface area (Å²) < 4.78 is 0. The van der Waals surface area contributed by atoms with Crippen molar-refractivity contribution < 1.29 is 0 Å². The van der Waals surface area contributed by atoms with Crippen LogP contribution in [-0.2, 0) is 19.5 Å². The van der Waals surface area contributed by atoms with Crippen LogP contribution in [0.25, 0.3) is 0 Å². The highest BCUT2D eigenvalue weighted by atomic mass is 35.5. The molecule has 1 aromatic carbocycles. The van der Waals surface area contributed by atoms with Crippen LogP contribution < -0.4 is 5.56 Å². The number of H-pyrrole nitrogens is 1. The van der Waals surface area contributed by atoms with E-state index >= 15 is 0 Å². The summed E-state index contributed by atoms with van der Waals surface area (Å²) in [5, 5.41) is 0.786. The number of nitrogens with zero attached hydrogens (tertiary/aromatic N) is 2. The second-order valence-electron chi connectivity index (χ2n) is 5.13. The van der Waals surface area contributed by atoms with E-state index in [-0.39, 0.29) is 5.56 Å². The highest BCUT2D eigenvalue weighted by molar-refractivity contribution is 6.31. The lowest BCUT2D eigenvalue weighted by Crippen LogP contribution is -2.35. The average Bonchev–Trinajstić information content (AvgIpc) is 2.41. The summed E-state index contributed by atoms with van der Waals surface area (Å²) in [6.07, 6.45) is 0.738. The number of halogens is 1. The molecule has 20 heavy (non-hydrogen) atoms. The molecule has 0 saturated heterocycles. The van der Waals surface area contributed by atoms with Crippen molar-refractivity contribution >= 4 is 11.6 Å². The van der Waals surface area contributed by atoms with Gasteiger partial charge in [-0.05, 0) is 25.0 Å². The molecular weight excluding hydrogens is 274 g/mol. The lowest BCUT2D eigenvalue weighted by molar-refractivity contribution is 0.240. The molecule has 2 heterocycles. The first kappa shape index (κ1) is 13.3. The van der Waals surface area contributed by atoms with E-state index in [4.69, 9.17) is 11.6 Å². The largest absolute Gasteiger partial charge is 0.311 e. The minimum absolute atomic E-state index is 0.00453. The highest BCUT2D eigenvalue weighted by Crippen LogP contribution is 2.20. The van der Waals surface area contributed by atoms with Crippen LogP contribution in [-0.4, -0.2) is 21.4 Å². The third-order valence-corrected chi connectivity index (χ3v) is 3.99. The van der Waals surface area contributed by atoms with E-state index in [1.54, 1.807) is 0 Å². The van der Waals surface area contributed by atoms with Crippen molar-refractivity contribution in [3.05, 3.63) is 62.3 Å². The number of benzene rings is 1. The average molecular weight is 290 g/mol. The number of aromatic amines is 1. The molecule has 3 rings (SSSR count). The number of aryl methyl sites for hydroxylation is 1. The number of fused-ring (bicyclic) bond motifs is 1. The van der Waals surface area contributed by atoms with Crippen LogP contribution >= 0.6 is 11.6 Å². The van der Waals surface area contributed by atoms with Crippen LogP contribution in [0.1, 0.15) is 22.6 Å². The van der Waals surface area contributed by atoms with E-state index in [9.17, 15) is 4.79 Å². The van der Waals surface area contributed by atoms with Gasteiger partial charge in [0.25, 0.3) is 5.56 Å². The second kappa shape index (κ2) is 5.38. The van der Waals surface area contributed by atoms with Crippen LogP contribution in [0.2, 0.25) is 5.02 Å². The maximum atomic E-state index is 11.9. The normalized spacial score (nSPS) is 15.1. The Hall–Kier alpha value is -1.65. The van der Waals surface area contributed by atoms with Crippen molar-refractivity contribution in [1.82, 2.24) is 14.9 Å². The first-order chi connectivity index (χ1) is 9.63. The fraction of sp³-hybridized carbons (Fsp3) is 0.333. The van der Waals surface area contributed by atoms with Crippen molar-refractivity contribution in [2.24, 2.45) is 0 Å². The first-order valence-corrected chi connectivity index (χ1v) is 7.05. The van der Waals surface area contributed by atoms with Crippen LogP contribution in [0.3, 0.4) is 0 Å². The zero-order chi connectivity index (χ0) is 14.1. The molecule has 0 amide bonds. The summed E-state index contributed by atoms with van der Waals surface area (Å²) in [5.74, 6) is 0.674. The lowest BCUT2D eigenvalue weighted by atomic mass is 10.1. The standard InChI is InChI=1S/C15H16ClN3O/c1-10-17-14-9-19(7-6-12(14)15(20)18-10)8-11-4-2-3-5-13(11)16/h2-5H,6-9H2,1H3,(H,17,18,20). The Morgan fingerprint density at radius 3 is 3.00 bits per heavy atom. The monoisotopic (exact) mass is 289 g/mol. The van der Waals surface area contributed by atoms with Crippen LogP contribution in [0.4, 0.5) is 0 Å². The van der Waals surface area contributed by atoms with E-state index in [0.29, 0.717) is 12.4 Å². The Bertz CT molecular complexity index is 696. The molecule has 0 radical (unpaired) electrons. The van der Waals surface area contributed by atoms with E-state index in [0.717, 1.165) is 41.4 Å². The third kappa shape index (κ3) is 2.62. The Morgan fingerprint density at radius 1 is 1.40 bits per heavy atom. The summed E-state index contributed by atoms with van der Waals surface area (Å²) in [5.41, 5.74) is 2.83. The van der Waals surface area contributed by atoms with Gasteiger partial charge in [-0.2, -0.15) is 0 Å². The molecule has 2 aromatic rings. The van der Waals surface area contributed by atoms with E-state index in [1.165, 1.54) is 0 Å². The van der Waals surface area contributed by atoms with Gasteiger partial charge in [-0.15, -0.1) is 0 Å². The summed E-state index contributed by atoms with van der Waals surface area (Å²) in [6.45, 7) is 4.15. The Labute approximate surface area is 122 Å². The minimum Gasteiger partial charge on any atom is -0.311 e. The van der Waals surface area contributed by atoms with Crippen LogP contribution in [0.15, 0.2) is 29.1 Å². The van der Waals surface area contributed by atoms with Crippen molar-refractivity contribution in [2.45, 2.75) is 26.4 Å². The van der Waals surface area contributed by atoms with Gasteiger partial charge < -0.3 is 4.98 Å². The SMILES string of the molecule is Cc1nc2c(c(=O)[nH]1)CCN(Cc1ccccc1Cl)C2. The maximum Gasteiger partial charge on any atom is 0.254 e. The van der Waals surface area contributed by atoms with E-state index in [2.05, 4.69) is 14.9 Å². The van der Waals surface area contributed by atoms with Gasteiger partial charge >= 0.3 is 0 Å². The molecule has 0 bridgehead atoms. The molecule has 0 aliphatic carbocycles. The molecule has 1 aliphatic rings. The minimum atomic E-state index is 0.00453. The van der Waals surface area contributed by atoms with Crippen molar-refractivity contribution in [3.8, 4) is 0 Å². The van der Waals surface area contributed by atoms with E-state index < -0.39 is 0 Å². The smallest absolute Gasteiger partial charge is 0.254 e. The van der Waals surface area contributed by atoms with Crippen molar-refractivity contribution in [1.29, 1.82) is 0 Å². The molecular formula is C15H16ClN3O. The van der Waals surface area contributed by atoms with Crippen LogP contribution in [0.5, 0.6) is 0 Å². The van der Waals surface area contributed by atoms with Gasteiger partial charge in [-0.1, -0.05) is 29.8 Å². The van der Waals surface area contributed by atoms with Gasteiger partial charge in [-0.3, -0.25) is 9.69 Å². The summed E-state index contributed by atoms with van der Waals surface area (Å²) in [4.78, 5) is 21.4. The topological polar surface area (TPSA) is 49.0 Å². The summed E-state index contributed by atoms with van der Waals surface area (Å²) >= 11 is 6.20. The second-order valence-corrected chi connectivity index (χ2v) is 5.54. The van der Waals surface area contributed by atoms with Gasteiger partial charge in [0.05, 0.1) is 5.69 Å². The van der Waals surface area contributed by atoms with Gasteiger partial charge in [0.2, 0.25) is 0 Å². The summed E-state index contributed by atoms with van der Waals surface area (Å²) in [7, 11) is 0. The molecule has 0 fully saturated rings. The molecule has 1 N–H and O–H groups in total. The predicted octanol–water partition coefficient (Wildman–Crippen LogP) is 2.29. The molecule has 4 nitrogen and oxygen atoms in total. The number of aromatic nitrogens is 2. The van der Waals surface area contributed by atoms with Gasteiger partial charge in [-0.25, -0.2) is 4.98 Å². The van der Waals surface area contributed by atoms with Gasteiger partial charge in [0.15, 0.2) is 0 Å². The zero-order valence-electron chi connectivity index (χ0n) is 11.3.